The molecule has 122 valence electrons. The molecule has 0 aromatic heterocycles. The van der Waals surface area contributed by atoms with Crippen molar-refractivity contribution in [2.45, 2.75) is 32.7 Å². The molecule has 1 aromatic rings. The van der Waals surface area contributed by atoms with Gasteiger partial charge in [-0.05, 0) is 37.1 Å². The molecule has 23 heavy (non-hydrogen) atoms. The second-order valence-electron chi connectivity index (χ2n) is 5.95. The zero-order valence-corrected chi connectivity index (χ0v) is 13.8. The molecular formula is C17H22N4O2. The smallest absolute Gasteiger partial charge is 0.317 e. The van der Waals surface area contributed by atoms with Crippen LogP contribution in [-0.2, 0) is 4.79 Å². The van der Waals surface area contributed by atoms with Crippen LogP contribution in [0.15, 0.2) is 18.2 Å². The van der Waals surface area contributed by atoms with Crippen molar-refractivity contribution in [3.8, 4) is 6.07 Å². The Morgan fingerprint density at radius 2 is 2.17 bits per heavy atom. The number of nitrogens with zero attached hydrogens (tertiary/aromatic N) is 3. The predicted octanol–water partition coefficient (Wildman–Crippen LogP) is 1.96. The zero-order chi connectivity index (χ0) is 17.0. The first-order chi connectivity index (χ1) is 10.9. The first-order valence-electron chi connectivity index (χ1n) is 7.68. The third kappa shape index (κ3) is 4.01. The summed E-state index contributed by atoms with van der Waals surface area (Å²) in [5, 5.41) is 11.4. The summed E-state index contributed by atoms with van der Waals surface area (Å²) in [5.41, 5.74) is 3.19. The van der Waals surface area contributed by atoms with Gasteiger partial charge in [0.25, 0.3) is 0 Å². The van der Waals surface area contributed by atoms with Gasteiger partial charge in [0.2, 0.25) is 5.91 Å². The van der Waals surface area contributed by atoms with Crippen molar-refractivity contribution in [1.29, 1.82) is 5.26 Å². The Hall–Kier alpha value is -2.55. The van der Waals surface area contributed by atoms with Gasteiger partial charge in [-0.3, -0.25) is 4.79 Å². The topological polar surface area (TPSA) is 76.4 Å². The fourth-order valence-electron chi connectivity index (χ4n) is 2.55. The second-order valence-corrected chi connectivity index (χ2v) is 5.95. The summed E-state index contributed by atoms with van der Waals surface area (Å²) in [4.78, 5) is 27.4. The molecule has 0 bridgehead atoms. The van der Waals surface area contributed by atoms with Gasteiger partial charge in [-0.15, -0.1) is 0 Å². The molecule has 1 aliphatic heterocycles. The van der Waals surface area contributed by atoms with Crippen molar-refractivity contribution in [2.75, 3.05) is 25.0 Å². The minimum atomic E-state index is -0.250. The molecule has 3 amide bonds. The SMILES string of the molecule is Cc1ccc(N2C[C@H](NC(=O)N(C)CCC#N)CC2=O)cc1C. The van der Waals surface area contributed by atoms with Gasteiger partial charge in [-0.2, -0.15) is 5.26 Å². The molecule has 0 radical (unpaired) electrons. The molecule has 1 aromatic carbocycles. The number of anilines is 1. The normalized spacial score (nSPS) is 17.0. The number of nitriles is 1. The molecule has 6 heteroatoms. The lowest BCUT2D eigenvalue weighted by Gasteiger charge is -2.21. The number of carbonyl (C=O) groups excluding carboxylic acids is 2. The van der Waals surface area contributed by atoms with Crippen LogP contribution in [0.1, 0.15) is 24.0 Å². The number of urea groups is 1. The van der Waals surface area contributed by atoms with E-state index in [1.165, 1.54) is 10.5 Å². The zero-order valence-electron chi connectivity index (χ0n) is 13.8. The number of benzene rings is 1. The lowest BCUT2D eigenvalue weighted by Crippen LogP contribution is -2.44. The lowest BCUT2D eigenvalue weighted by atomic mass is 10.1. The summed E-state index contributed by atoms with van der Waals surface area (Å²) in [6, 6.07) is 7.48. The number of hydrogen-bond acceptors (Lipinski definition) is 3. The van der Waals surface area contributed by atoms with E-state index in [1.54, 1.807) is 11.9 Å². The van der Waals surface area contributed by atoms with Crippen molar-refractivity contribution in [2.24, 2.45) is 0 Å². The highest BCUT2D eigenvalue weighted by atomic mass is 16.2. The maximum atomic E-state index is 12.2. The van der Waals surface area contributed by atoms with E-state index in [-0.39, 0.29) is 18.0 Å². The fraction of sp³-hybridized carbons (Fsp3) is 0.471. The van der Waals surface area contributed by atoms with Gasteiger partial charge in [0.15, 0.2) is 0 Å². The van der Waals surface area contributed by atoms with Crippen LogP contribution in [-0.4, -0.2) is 43.0 Å². The number of hydrogen-bond donors (Lipinski definition) is 1. The van der Waals surface area contributed by atoms with Crippen molar-refractivity contribution in [3.63, 3.8) is 0 Å². The van der Waals surface area contributed by atoms with Crippen LogP contribution in [0.5, 0.6) is 0 Å². The third-order valence-corrected chi connectivity index (χ3v) is 4.16. The summed E-state index contributed by atoms with van der Waals surface area (Å²) in [6.07, 6.45) is 0.590. The summed E-state index contributed by atoms with van der Waals surface area (Å²) >= 11 is 0. The molecule has 0 spiro atoms. The monoisotopic (exact) mass is 314 g/mol. The molecule has 0 saturated carbocycles. The van der Waals surface area contributed by atoms with Crippen molar-refractivity contribution >= 4 is 17.6 Å². The maximum absolute atomic E-state index is 12.2. The Morgan fingerprint density at radius 3 is 2.83 bits per heavy atom. The van der Waals surface area contributed by atoms with Crippen LogP contribution in [0.3, 0.4) is 0 Å². The second kappa shape index (κ2) is 7.14. The molecule has 1 fully saturated rings. The van der Waals surface area contributed by atoms with Crippen LogP contribution < -0.4 is 10.2 Å². The predicted molar refractivity (Wildman–Crippen MR) is 88.1 cm³/mol. The van der Waals surface area contributed by atoms with Crippen molar-refractivity contribution in [3.05, 3.63) is 29.3 Å². The van der Waals surface area contributed by atoms with Gasteiger partial charge in [0.1, 0.15) is 0 Å². The standard InChI is InChI=1S/C17H22N4O2/c1-12-5-6-15(9-13(12)2)21-11-14(10-16(21)22)19-17(23)20(3)8-4-7-18/h5-6,9,14H,4,8,10-11H2,1-3H3,(H,19,23)/t14-/m1/s1. The van der Waals surface area contributed by atoms with E-state index >= 15 is 0 Å². The average Bonchev–Trinajstić information content (AvgIpc) is 2.88. The van der Waals surface area contributed by atoms with Gasteiger partial charge < -0.3 is 15.1 Å². The van der Waals surface area contributed by atoms with Gasteiger partial charge in [0, 0.05) is 32.2 Å². The van der Waals surface area contributed by atoms with E-state index in [1.807, 2.05) is 38.1 Å². The van der Waals surface area contributed by atoms with Crippen LogP contribution in [0.2, 0.25) is 0 Å². The Labute approximate surface area is 136 Å². The van der Waals surface area contributed by atoms with Crippen LogP contribution >= 0.6 is 0 Å². The largest absolute Gasteiger partial charge is 0.333 e. The van der Waals surface area contributed by atoms with E-state index in [2.05, 4.69) is 5.32 Å². The van der Waals surface area contributed by atoms with E-state index in [9.17, 15) is 9.59 Å². The Morgan fingerprint density at radius 1 is 1.43 bits per heavy atom. The number of amides is 3. The van der Waals surface area contributed by atoms with E-state index in [0.717, 1.165) is 11.3 Å². The van der Waals surface area contributed by atoms with E-state index < -0.39 is 0 Å². The molecule has 1 heterocycles. The molecular weight excluding hydrogens is 292 g/mol. The molecule has 2 rings (SSSR count). The van der Waals surface area contributed by atoms with E-state index in [0.29, 0.717) is 25.9 Å². The Bertz CT molecular complexity index is 650. The molecule has 1 aliphatic rings. The summed E-state index contributed by atoms with van der Waals surface area (Å²) in [7, 11) is 1.64. The van der Waals surface area contributed by atoms with Gasteiger partial charge in [-0.25, -0.2) is 4.79 Å². The van der Waals surface area contributed by atoms with Crippen LogP contribution in [0, 0.1) is 25.2 Å². The highest BCUT2D eigenvalue weighted by Crippen LogP contribution is 2.24. The first kappa shape index (κ1) is 16.8. The van der Waals surface area contributed by atoms with Crippen LogP contribution in [0.4, 0.5) is 10.5 Å². The fourth-order valence-corrected chi connectivity index (χ4v) is 2.55. The minimum Gasteiger partial charge on any atom is -0.333 e. The van der Waals surface area contributed by atoms with Gasteiger partial charge >= 0.3 is 6.03 Å². The Kier molecular flexibility index (Phi) is 5.22. The number of nitrogens with one attached hydrogen (secondary N) is 1. The summed E-state index contributed by atoms with van der Waals surface area (Å²) < 4.78 is 0. The summed E-state index contributed by atoms with van der Waals surface area (Å²) in [6.45, 7) is 4.90. The number of carbonyl (C=O) groups is 2. The average molecular weight is 314 g/mol. The van der Waals surface area contributed by atoms with Gasteiger partial charge in [0.05, 0.1) is 18.5 Å². The van der Waals surface area contributed by atoms with Crippen molar-refractivity contribution < 1.29 is 9.59 Å². The van der Waals surface area contributed by atoms with Crippen molar-refractivity contribution in [1.82, 2.24) is 10.2 Å². The number of aryl methyl sites for hydroxylation is 2. The third-order valence-electron chi connectivity index (χ3n) is 4.16. The first-order valence-corrected chi connectivity index (χ1v) is 7.68. The summed E-state index contributed by atoms with van der Waals surface area (Å²) in [5.74, 6) is 0.0123. The highest BCUT2D eigenvalue weighted by molar-refractivity contribution is 5.96. The van der Waals surface area contributed by atoms with E-state index in [4.69, 9.17) is 5.26 Å². The quantitative estimate of drug-likeness (QED) is 0.923. The highest BCUT2D eigenvalue weighted by Gasteiger charge is 2.32. The molecule has 1 atom stereocenters. The van der Waals surface area contributed by atoms with Crippen LogP contribution in [0.25, 0.3) is 0 Å². The molecule has 0 unspecified atom stereocenters. The molecule has 1 saturated heterocycles. The maximum Gasteiger partial charge on any atom is 0.317 e. The number of rotatable bonds is 4. The molecule has 1 N–H and O–H groups in total. The van der Waals surface area contributed by atoms with Gasteiger partial charge in [-0.1, -0.05) is 6.07 Å². The minimum absolute atomic E-state index is 0.0123. The molecule has 6 nitrogen and oxygen atoms in total. The lowest BCUT2D eigenvalue weighted by molar-refractivity contribution is -0.117. The Balaban J connectivity index is 1.98. The molecule has 0 aliphatic carbocycles.